The molecule has 4 aliphatic heterocycles. The molecule has 6 bridgehead atoms. The van der Waals surface area contributed by atoms with Crippen molar-refractivity contribution in [3.8, 4) is 0 Å². The van der Waals surface area contributed by atoms with Crippen molar-refractivity contribution in [1.82, 2.24) is 0 Å². The Morgan fingerprint density at radius 1 is 0.393 bits per heavy atom. The second-order valence-electron chi connectivity index (χ2n) is 16.0. The van der Waals surface area contributed by atoms with E-state index in [1.807, 2.05) is 0 Å². The van der Waals surface area contributed by atoms with Crippen molar-refractivity contribution >= 4 is 132 Å². The molecule has 4 aliphatic rings. The molecule has 6 N–H and O–H groups in total. The van der Waals surface area contributed by atoms with Gasteiger partial charge in [-0.25, -0.2) is 0 Å². The van der Waals surface area contributed by atoms with Crippen LogP contribution in [0.1, 0.15) is 0 Å². The minimum atomic E-state index is -4.73. The first kappa shape index (κ1) is 55.8. The predicted octanol–water partition coefficient (Wildman–Crippen LogP) is -1.19. The lowest BCUT2D eigenvalue weighted by molar-refractivity contribution is 0.0263. The Hall–Kier alpha value is 2.17. The van der Waals surface area contributed by atoms with Crippen LogP contribution < -0.4 is 0 Å². The van der Waals surface area contributed by atoms with Gasteiger partial charge in [0.1, 0.15) is 0 Å². The van der Waals surface area contributed by atoms with Crippen LogP contribution in [0.25, 0.3) is 0 Å². The van der Waals surface area contributed by atoms with E-state index in [2.05, 4.69) is 0 Å². The summed E-state index contributed by atoms with van der Waals surface area (Å²) in [6, 6.07) is 0. The summed E-state index contributed by atoms with van der Waals surface area (Å²) < 4.78 is 130. The van der Waals surface area contributed by atoms with Crippen molar-refractivity contribution in [3.63, 3.8) is 0 Å². The topological polar surface area (TPSA) is 315 Å². The zero-order chi connectivity index (χ0) is 47.1. The van der Waals surface area contributed by atoms with Crippen molar-refractivity contribution in [2.24, 2.45) is 0 Å². The molecule has 15 atom stereocenters. The van der Waals surface area contributed by atoms with Crippen LogP contribution in [0.3, 0.4) is 0 Å². The Kier molecular flexibility index (Phi) is 16.3. The fourth-order valence-corrected chi connectivity index (χ4v) is 74.4. The largest absolute Gasteiger partial charge is 0.485 e. The summed E-state index contributed by atoms with van der Waals surface area (Å²) in [6.45, 7) is 20.3. The molecule has 0 aliphatic carbocycles. The third-order valence-electron chi connectivity index (χ3n) is 8.18. The maximum absolute atomic E-state index is 12.0. The third kappa shape index (κ3) is 15.1. The van der Waals surface area contributed by atoms with Crippen LogP contribution in [0.15, 0.2) is 0 Å². The van der Waals surface area contributed by atoms with Gasteiger partial charge in [-0.1, -0.05) is 0 Å². The Labute approximate surface area is 372 Å². The van der Waals surface area contributed by atoms with Crippen LogP contribution in [0.4, 0.5) is 0 Å². The highest BCUT2D eigenvalue weighted by atomic mass is 28.6. The van der Waals surface area contributed by atoms with E-state index in [-0.39, 0.29) is 0 Å². The number of fused-ring (bicyclic) bond motifs is 6. The SMILES string of the molecule is CO[Si](C)(O)O[Si](C)(CO)O[Si]1(C)O[Si](C)(OC)O[Si](C)(O)O[Si]2(C)O[Si](C)(OC)O[Si](C)(O[Si](C)(O)O[Si](C)(O)O[Si]3(C)O[Si]4(C)O[Si](C)(O)O[Si](C)(O4)O[Si](C)(O3)O1)O2. The van der Waals surface area contributed by atoms with Crippen LogP contribution in [-0.4, -0.2) is 188 Å². The van der Waals surface area contributed by atoms with Gasteiger partial charge in [0.05, 0.1) is 6.23 Å². The first-order valence-corrected chi connectivity index (χ1v) is 52.3. The minimum absolute atomic E-state index is 0.785. The van der Waals surface area contributed by atoms with Crippen molar-refractivity contribution in [2.75, 3.05) is 27.6 Å². The molecular formula is C19H62O27Si15. The molecular weight excluding hydrogens is 1080 g/mol. The predicted molar refractivity (Wildman–Crippen MR) is 233 cm³/mol. The van der Waals surface area contributed by atoms with E-state index in [4.69, 9.17) is 87.4 Å². The van der Waals surface area contributed by atoms with Gasteiger partial charge in [0.2, 0.25) is 0 Å². The fraction of sp³-hybridized carbons (Fsp3) is 1.00. The number of hydrogen-bond donors (Lipinski definition) is 6. The zero-order valence-corrected chi connectivity index (χ0v) is 52.5. The number of rotatable bonds is 8. The van der Waals surface area contributed by atoms with Gasteiger partial charge in [-0.15, -0.1) is 0 Å². The van der Waals surface area contributed by atoms with Crippen molar-refractivity contribution < 1.29 is 116 Å². The van der Waals surface area contributed by atoms with Gasteiger partial charge >= 0.3 is 132 Å². The van der Waals surface area contributed by atoms with E-state index in [1.165, 1.54) is 113 Å². The van der Waals surface area contributed by atoms with Gasteiger partial charge in [0.15, 0.2) is 0 Å². The first-order chi connectivity index (χ1) is 27.0. The highest BCUT2D eigenvalue weighted by molar-refractivity contribution is 6.98. The molecule has 0 spiro atoms. The monoisotopic (exact) mass is 1140 g/mol. The average molecular weight is 1140 g/mol. The third-order valence-corrected chi connectivity index (χ3v) is 65.2. The highest BCUT2D eigenvalue weighted by Crippen LogP contribution is 2.42. The van der Waals surface area contributed by atoms with Gasteiger partial charge in [0, 0.05) is 113 Å². The number of aliphatic hydroxyl groups excluding tert-OH is 1. The molecule has 27 nitrogen and oxygen atoms in total. The molecule has 0 aromatic rings. The summed E-state index contributed by atoms with van der Waals surface area (Å²) in [7, 11) is -61.0. The van der Waals surface area contributed by atoms with E-state index in [0.29, 0.717) is 0 Å². The van der Waals surface area contributed by atoms with Crippen LogP contribution in [0, 0.1) is 0 Å². The molecule has 4 fully saturated rings. The van der Waals surface area contributed by atoms with Crippen molar-refractivity contribution in [1.29, 1.82) is 0 Å². The van der Waals surface area contributed by atoms with E-state index < -0.39 is 138 Å². The van der Waals surface area contributed by atoms with E-state index in [1.54, 1.807) is 0 Å². The summed E-state index contributed by atoms with van der Waals surface area (Å²) in [4.78, 5) is 58.1. The van der Waals surface area contributed by atoms with Crippen molar-refractivity contribution in [3.05, 3.63) is 0 Å². The van der Waals surface area contributed by atoms with E-state index >= 15 is 0 Å². The van der Waals surface area contributed by atoms with Crippen molar-refractivity contribution in [2.45, 2.75) is 98.2 Å². The lowest BCUT2D eigenvalue weighted by Gasteiger charge is -2.53. The highest BCUT2D eigenvalue weighted by Gasteiger charge is 2.73. The quantitative estimate of drug-likeness (QED) is 0.156. The molecule has 61 heavy (non-hydrogen) atoms. The van der Waals surface area contributed by atoms with Gasteiger partial charge in [-0.3, -0.25) is 0 Å². The van der Waals surface area contributed by atoms with Gasteiger partial charge in [-0.05, 0) is 6.55 Å². The maximum atomic E-state index is 12.0. The minimum Gasteiger partial charge on any atom is -0.395 e. The molecule has 15 unspecified atom stereocenters. The summed E-state index contributed by atoms with van der Waals surface area (Å²) in [6.07, 6.45) is -0.785. The second kappa shape index (κ2) is 17.8. The molecule has 360 valence electrons. The van der Waals surface area contributed by atoms with E-state index in [9.17, 15) is 29.1 Å². The number of hydrogen-bond acceptors (Lipinski definition) is 27. The Bertz CT molecular complexity index is 1600. The van der Waals surface area contributed by atoms with Gasteiger partial charge in [0.25, 0.3) is 0 Å². The summed E-state index contributed by atoms with van der Waals surface area (Å²) in [5.41, 5.74) is 0. The molecule has 4 rings (SSSR count). The molecule has 4 saturated heterocycles. The lowest BCUT2D eigenvalue weighted by Crippen LogP contribution is -2.79. The molecule has 0 saturated carbocycles. The molecule has 42 heteroatoms. The first-order valence-electron chi connectivity index (χ1n) is 18.5. The van der Waals surface area contributed by atoms with E-state index in [0.717, 1.165) is 6.55 Å². The zero-order valence-electron chi connectivity index (χ0n) is 37.5. The summed E-state index contributed by atoms with van der Waals surface area (Å²) >= 11 is 0. The van der Waals surface area contributed by atoms with Crippen LogP contribution >= 0.6 is 0 Å². The van der Waals surface area contributed by atoms with Gasteiger partial charge < -0.3 is 116 Å². The molecule has 0 amide bonds. The number of aliphatic hydroxyl groups is 1. The fourth-order valence-electron chi connectivity index (χ4n) is 7.10. The molecule has 0 aromatic heterocycles. The second-order valence-corrected chi connectivity index (χ2v) is 59.0. The Morgan fingerprint density at radius 2 is 0.672 bits per heavy atom. The Morgan fingerprint density at radius 3 is 1.00 bits per heavy atom. The lowest BCUT2D eigenvalue weighted by atomic mass is 11.7. The maximum Gasteiger partial charge on any atom is 0.485 e. The Balaban J connectivity index is 1.99. The van der Waals surface area contributed by atoms with Crippen LogP contribution in [-0.2, 0) is 87.4 Å². The van der Waals surface area contributed by atoms with Crippen LogP contribution in [0.5, 0.6) is 0 Å². The average Bonchev–Trinajstić information content (AvgIpc) is 2.93. The van der Waals surface area contributed by atoms with Gasteiger partial charge in [-0.2, -0.15) is 0 Å². The molecule has 0 radical (unpaired) electrons. The summed E-state index contributed by atoms with van der Waals surface area (Å²) in [5.74, 6) is 0. The molecule has 4 heterocycles. The normalized spacial score (nSPS) is 52.7. The smallest absolute Gasteiger partial charge is 0.395 e. The van der Waals surface area contributed by atoms with Crippen LogP contribution in [0.2, 0.25) is 98.2 Å². The standard InChI is InChI=1S/C19H62O27Si15/c1-26-48(5,21)29-47(4,19-20)30-55(12)38-53(10,27-2)32-51(8,24)35-57(14)40-54(11,28-3)39-56(13,42-57)33-49(6,22)31-50(7,23)34-58(15)43-59(16)36-52(9,25)37-60(17,44-59)46-61(18,41-55)45-58/h20-25H,19H2,1-18H3. The summed E-state index contributed by atoms with van der Waals surface area (Å²) in [5, 5.41) is 10.8. The molecule has 0 aromatic carbocycles.